The number of nitrogens with zero attached hydrogens (tertiary/aromatic N) is 2. The summed E-state index contributed by atoms with van der Waals surface area (Å²) in [7, 11) is 0. The van der Waals surface area contributed by atoms with E-state index in [0.717, 1.165) is 17.9 Å². The van der Waals surface area contributed by atoms with Crippen molar-refractivity contribution in [1.82, 2.24) is 9.97 Å². The standard InChI is InChI=1S/C14H13ClN2O/c15-7-12-8-17-14(9-16-12)18-13-5-4-10-2-1-3-11(10)6-13/h4-6,8-9H,1-3,7H2. The minimum Gasteiger partial charge on any atom is -0.437 e. The SMILES string of the molecule is ClCc1cnc(Oc2ccc3c(c2)CCC3)cn1. The Morgan fingerprint density at radius 1 is 1.11 bits per heavy atom. The molecule has 0 spiro atoms. The summed E-state index contributed by atoms with van der Waals surface area (Å²) >= 11 is 5.66. The van der Waals surface area contributed by atoms with E-state index >= 15 is 0 Å². The summed E-state index contributed by atoms with van der Waals surface area (Å²) in [5.41, 5.74) is 3.57. The Balaban J connectivity index is 1.79. The predicted molar refractivity (Wildman–Crippen MR) is 70.1 cm³/mol. The van der Waals surface area contributed by atoms with Crippen LogP contribution in [0, 0.1) is 0 Å². The molecule has 0 amide bonds. The summed E-state index contributed by atoms with van der Waals surface area (Å²) in [6.07, 6.45) is 6.80. The Labute approximate surface area is 111 Å². The van der Waals surface area contributed by atoms with Crippen molar-refractivity contribution in [3.05, 3.63) is 47.4 Å². The highest BCUT2D eigenvalue weighted by Crippen LogP contribution is 2.28. The van der Waals surface area contributed by atoms with Crippen LogP contribution in [0.25, 0.3) is 0 Å². The molecule has 1 aliphatic rings. The van der Waals surface area contributed by atoms with Crippen LogP contribution in [0.5, 0.6) is 11.6 Å². The van der Waals surface area contributed by atoms with Crippen molar-refractivity contribution < 1.29 is 4.74 Å². The second kappa shape index (κ2) is 4.94. The molecule has 1 aromatic heterocycles. The highest BCUT2D eigenvalue weighted by atomic mass is 35.5. The third-order valence-corrected chi connectivity index (χ3v) is 3.38. The van der Waals surface area contributed by atoms with E-state index in [0.29, 0.717) is 11.8 Å². The summed E-state index contributed by atoms with van der Waals surface area (Å²) < 4.78 is 5.69. The zero-order valence-corrected chi connectivity index (χ0v) is 10.7. The Hall–Kier alpha value is -1.61. The maximum Gasteiger partial charge on any atom is 0.237 e. The first-order chi connectivity index (χ1) is 8.85. The molecule has 2 aromatic rings. The van der Waals surface area contributed by atoms with E-state index in [2.05, 4.69) is 22.1 Å². The largest absolute Gasteiger partial charge is 0.437 e. The van der Waals surface area contributed by atoms with Gasteiger partial charge in [-0.1, -0.05) is 6.07 Å². The van der Waals surface area contributed by atoms with Crippen LogP contribution < -0.4 is 4.74 Å². The van der Waals surface area contributed by atoms with Crippen molar-refractivity contribution in [1.29, 1.82) is 0 Å². The molecule has 18 heavy (non-hydrogen) atoms. The van der Waals surface area contributed by atoms with Gasteiger partial charge in [-0.25, -0.2) is 4.98 Å². The number of fused-ring (bicyclic) bond motifs is 1. The van der Waals surface area contributed by atoms with Gasteiger partial charge in [0.05, 0.1) is 24.0 Å². The van der Waals surface area contributed by atoms with Crippen molar-refractivity contribution in [2.75, 3.05) is 0 Å². The average Bonchev–Trinajstić information content (AvgIpc) is 2.87. The zero-order chi connectivity index (χ0) is 12.4. The van der Waals surface area contributed by atoms with Gasteiger partial charge in [0.2, 0.25) is 5.88 Å². The molecule has 92 valence electrons. The third-order valence-electron chi connectivity index (χ3n) is 3.11. The molecular weight excluding hydrogens is 248 g/mol. The fourth-order valence-corrected chi connectivity index (χ4v) is 2.34. The van der Waals surface area contributed by atoms with Gasteiger partial charge in [-0.15, -0.1) is 11.6 Å². The summed E-state index contributed by atoms with van der Waals surface area (Å²) in [5.74, 6) is 1.69. The summed E-state index contributed by atoms with van der Waals surface area (Å²) in [4.78, 5) is 8.32. The molecule has 4 heteroatoms. The van der Waals surface area contributed by atoms with Crippen LogP contribution in [0.2, 0.25) is 0 Å². The van der Waals surface area contributed by atoms with Gasteiger partial charge in [-0.2, -0.15) is 0 Å². The lowest BCUT2D eigenvalue weighted by Crippen LogP contribution is -1.93. The molecule has 1 aliphatic carbocycles. The topological polar surface area (TPSA) is 35.0 Å². The number of halogens is 1. The fourth-order valence-electron chi connectivity index (χ4n) is 2.20. The molecule has 0 atom stereocenters. The minimum absolute atomic E-state index is 0.367. The smallest absolute Gasteiger partial charge is 0.237 e. The molecule has 0 saturated heterocycles. The number of aromatic nitrogens is 2. The molecule has 0 bridgehead atoms. The van der Waals surface area contributed by atoms with Crippen LogP contribution >= 0.6 is 11.6 Å². The molecule has 1 heterocycles. The first-order valence-electron chi connectivity index (χ1n) is 6.02. The monoisotopic (exact) mass is 260 g/mol. The first-order valence-corrected chi connectivity index (χ1v) is 6.55. The summed E-state index contributed by atoms with van der Waals surface area (Å²) in [6, 6.07) is 6.22. The van der Waals surface area contributed by atoms with E-state index < -0.39 is 0 Å². The van der Waals surface area contributed by atoms with Gasteiger partial charge in [0, 0.05) is 0 Å². The zero-order valence-electron chi connectivity index (χ0n) is 9.90. The molecule has 3 rings (SSSR count). The number of ether oxygens (including phenoxy) is 1. The molecular formula is C14H13ClN2O. The van der Waals surface area contributed by atoms with E-state index in [1.54, 1.807) is 12.4 Å². The first kappa shape index (κ1) is 11.5. The Morgan fingerprint density at radius 3 is 2.78 bits per heavy atom. The van der Waals surface area contributed by atoms with Crippen molar-refractivity contribution in [3.8, 4) is 11.6 Å². The quantitative estimate of drug-likeness (QED) is 0.793. The lowest BCUT2D eigenvalue weighted by atomic mass is 10.1. The molecule has 0 N–H and O–H groups in total. The van der Waals surface area contributed by atoms with Gasteiger partial charge in [0.1, 0.15) is 5.75 Å². The highest BCUT2D eigenvalue weighted by Gasteiger charge is 2.11. The maximum absolute atomic E-state index is 5.69. The molecule has 3 nitrogen and oxygen atoms in total. The maximum atomic E-state index is 5.69. The van der Waals surface area contributed by atoms with Crippen molar-refractivity contribution in [3.63, 3.8) is 0 Å². The van der Waals surface area contributed by atoms with Crippen LogP contribution in [0.1, 0.15) is 23.2 Å². The van der Waals surface area contributed by atoms with E-state index in [1.807, 2.05) is 6.07 Å². The summed E-state index contributed by atoms with van der Waals surface area (Å²) in [5, 5.41) is 0. The Bertz CT molecular complexity index is 554. The lowest BCUT2D eigenvalue weighted by molar-refractivity contribution is 0.459. The van der Waals surface area contributed by atoms with E-state index in [4.69, 9.17) is 16.3 Å². The molecule has 0 unspecified atom stereocenters. The van der Waals surface area contributed by atoms with Crippen LogP contribution in [0.4, 0.5) is 0 Å². The molecule has 0 saturated carbocycles. The second-order valence-corrected chi connectivity index (χ2v) is 4.63. The van der Waals surface area contributed by atoms with Gasteiger partial charge in [-0.3, -0.25) is 4.98 Å². The highest BCUT2D eigenvalue weighted by molar-refractivity contribution is 6.16. The minimum atomic E-state index is 0.367. The van der Waals surface area contributed by atoms with Gasteiger partial charge >= 0.3 is 0 Å². The van der Waals surface area contributed by atoms with E-state index in [9.17, 15) is 0 Å². The average molecular weight is 261 g/mol. The number of alkyl halides is 1. The normalized spacial score (nSPS) is 13.4. The fraction of sp³-hybridized carbons (Fsp3) is 0.286. The van der Waals surface area contributed by atoms with Gasteiger partial charge in [-0.05, 0) is 42.5 Å². The second-order valence-electron chi connectivity index (χ2n) is 4.37. The van der Waals surface area contributed by atoms with Crippen LogP contribution in [0.3, 0.4) is 0 Å². The molecule has 1 aromatic carbocycles. The van der Waals surface area contributed by atoms with Gasteiger partial charge < -0.3 is 4.74 Å². The van der Waals surface area contributed by atoms with Gasteiger partial charge in [0.15, 0.2) is 0 Å². The molecule has 0 aliphatic heterocycles. The number of benzene rings is 1. The number of rotatable bonds is 3. The lowest BCUT2D eigenvalue weighted by Gasteiger charge is -2.06. The van der Waals surface area contributed by atoms with E-state index in [1.165, 1.54) is 24.0 Å². The molecule has 0 fully saturated rings. The number of hydrogen-bond acceptors (Lipinski definition) is 3. The van der Waals surface area contributed by atoms with Gasteiger partial charge in [0.25, 0.3) is 0 Å². The van der Waals surface area contributed by atoms with E-state index in [-0.39, 0.29) is 0 Å². The predicted octanol–water partition coefficient (Wildman–Crippen LogP) is 3.50. The van der Waals surface area contributed by atoms with Crippen LogP contribution in [0.15, 0.2) is 30.6 Å². The third kappa shape index (κ3) is 2.31. The van der Waals surface area contributed by atoms with Crippen molar-refractivity contribution >= 4 is 11.6 Å². The molecule has 0 radical (unpaired) electrons. The number of aryl methyl sites for hydroxylation is 2. The number of hydrogen-bond donors (Lipinski definition) is 0. The van der Waals surface area contributed by atoms with Crippen molar-refractivity contribution in [2.45, 2.75) is 25.1 Å². The van der Waals surface area contributed by atoms with Crippen molar-refractivity contribution in [2.24, 2.45) is 0 Å². The van der Waals surface area contributed by atoms with Crippen LogP contribution in [-0.2, 0) is 18.7 Å². The summed E-state index contributed by atoms with van der Waals surface area (Å²) in [6.45, 7) is 0. The Kier molecular flexibility index (Phi) is 3.15. The Morgan fingerprint density at radius 2 is 2.00 bits per heavy atom. The van der Waals surface area contributed by atoms with Crippen LogP contribution in [-0.4, -0.2) is 9.97 Å².